The number of halogens is 2. The molecule has 7 heteroatoms. The standard InChI is InChI=1S/C17H19Cl2NO3S/c1-20(24(21,22)17-10-6-15(19)7-11-17)12-2-3-13-23-16-8-4-14(18)5-9-16/h4-11H,2-3,12-13H2,1H3. The molecule has 2 aromatic rings. The van der Waals surface area contributed by atoms with E-state index in [2.05, 4.69) is 0 Å². The van der Waals surface area contributed by atoms with E-state index >= 15 is 0 Å². The number of hydrogen-bond acceptors (Lipinski definition) is 3. The summed E-state index contributed by atoms with van der Waals surface area (Å²) in [4.78, 5) is 0.242. The van der Waals surface area contributed by atoms with Gasteiger partial charge in [0.25, 0.3) is 0 Å². The zero-order valence-corrected chi connectivity index (χ0v) is 15.6. The van der Waals surface area contributed by atoms with Gasteiger partial charge >= 0.3 is 0 Å². The number of ether oxygens (including phenoxy) is 1. The van der Waals surface area contributed by atoms with Gasteiger partial charge in [-0.25, -0.2) is 12.7 Å². The van der Waals surface area contributed by atoms with E-state index in [-0.39, 0.29) is 4.90 Å². The first-order chi connectivity index (χ1) is 11.4. The summed E-state index contributed by atoms with van der Waals surface area (Å²) < 4.78 is 31.7. The van der Waals surface area contributed by atoms with Gasteiger partial charge in [-0.05, 0) is 61.4 Å². The van der Waals surface area contributed by atoms with Crippen molar-refractivity contribution in [1.29, 1.82) is 0 Å². The topological polar surface area (TPSA) is 46.6 Å². The average molecular weight is 388 g/mol. The highest BCUT2D eigenvalue weighted by Crippen LogP contribution is 2.18. The molecule has 0 saturated heterocycles. The Labute approximate surface area is 153 Å². The molecule has 0 bridgehead atoms. The van der Waals surface area contributed by atoms with Gasteiger partial charge in [0.15, 0.2) is 0 Å². The van der Waals surface area contributed by atoms with Crippen molar-refractivity contribution in [2.45, 2.75) is 17.7 Å². The van der Waals surface area contributed by atoms with Crippen LogP contribution in [0.2, 0.25) is 10.0 Å². The van der Waals surface area contributed by atoms with Crippen molar-refractivity contribution in [3.05, 3.63) is 58.6 Å². The first-order valence-electron chi connectivity index (χ1n) is 7.50. The SMILES string of the molecule is CN(CCCCOc1ccc(Cl)cc1)S(=O)(=O)c1ccc(Cl)cc1. The van der Waals surface area contributed by atoms with Crippen LogP contribution in [-0.4, -0.2) is 32.9 Å². The lowest BCUT2D eigenvalue weighted by atomic mass is 10.3. The fourth-order valence-corrected chi connectivity index (χ4v) is 3.53. The van der Waals surface area contributed by atoms with Crippen LogP contribution in [0.5, 0.6) is 5.75 Å². The molecule has 0 saturated carbocycles. The molecule has 24 heavy (non-hydrogen) atoms. The van der Waals surface area contributed by atoms with Gasteiger partial charge in [-0.2, -0.15) is 0 Å². The maximum Gasteiger partial charge on any atom is 0.242 e. The minimum atomic E-state index is -3.48. The lowest BCUT2D eigenvalue weighted by molar-refractivity contribution is 0.300. The summed E-state index contributed by atoms with van der Waals surface area (Å²) in [5, 5.41) is 1.17. The maximum atomic E-state index is 12.4. The molecule has 0 spiro atoms. The molecule has 2 aromatic carbocycles. The highest BCUT2D eigenvalue weighted by Gasteiger charge is 2.19. The van der Waals surface area contributed by atoms with E-state index < -0.39 is 10.0 Å². The molecule has 0 heterocycles. The molecule has 0 radical (unpaired) electrons. The van der Waals surface area contributed by atoms with Gasteiger partial charge < -0.3 is 4.74 Å². The average Bonchev–Trinajstić information content (AvgIpc) is 2.56. The summed E-state index contributed by atoms with van der Waals surface area (Å²) >= 11 is 11.6. The largest absolute Gasteiger partial charge is 0.494 e. The molecule has 0 amide bonds. The van der Waals surface area contributed by atoms with E-state index in [1.165, 1.54) is 16.4 Å². The minimum Gasteiger partial charge on any atom is -0.494 e. The number of rotatable bonds is 8. The molecule has 0 N–H and O–H groups in total. The molecule has 0 aliphatic carbocycles. The van der Waals surface area contributed by atoms with Crippen LogP contribution in [-0.2, 0) is 10.0 Å². The van der Waals surface area contributed by atoms with Gasteiger partial charge in [0, 0.05) is 23.6 Å². The molecule has 0 atom stereocenters. The van der Waals surface area contributed by atoms with Gasteiger partial charge in [-0.15, -0.1) is 0 Å². The Morgan fingerprint density at radius 3 is 2.04 bits per heavy atom. The molecular weight excluding hydrogens is 369 g/mol. The quantitative estimate of drug-likeness (QED) is 0.627. The smallest absolute Gasteiger partial charge is 0.242 e. The molecule has 0 aliphatic heterocycles. The Kier molecular flexibility index (Phi) is 6.92. The fourth-order valence-electron chi connectivity index (χ4n) is 2.06. The summed E-state index contributed by atoms with van der Waals surface area (Å²) in [6.07, 6.45) is 1.46. The van der Waals surface area contributed by atoms with Gasteiger partial charge in [0.05, 0.1) is 11.5 Å². The van der Waals surface area contributed by atoms with Gasteiger partial charge in [0.2, 0.25) is 10.0 Å². The zero-order valence-electron chi connectivity index (χ0n) is 13.3. The van der Waals surface area contributed by atoms with Crippen molar-refractivity contribution in [2.24, 2.45) is 0 Å². The molecular formula is C17H19Cl2NO3S. The fraction of sp³-hybridized carbons (Fsp3) is 0.294. The monoisotopic (exact) mass is 387 g/mol. The molecule has 0 aromatic heterocycles. The first kappa shape index (κ1) is 19.1. The van der Waals surface area contributed by atoms with Crippen LogP contribution >= 0.6 is 23.2 Å². The Morgan fingerprint density at radius 1 is 0.917 bits per heavy atom. The van der Waals surface area contributed by atoms with Crippen LogP contribution in [0.25, 0.3) is 0 Å². The highest BCUT2D eigenvalue weighted by atomic mass is 35.5. The molecule has 0 aliphatic rings. The van der Waals surface area contributed by atoms with Gasteiger partial charge in [-0.1, -0.05) is 23.2 Å². The van der Waals surface area contributed by atoms with Crippen molar-refractivity contribution in [2.75, 3.05) is 20.2 Å². The maximum absolute atomic E-state index is 12.4. The second-order valence-electron chi connectivity index (χ2n) is 5.29. The second-order valence-corrected chi connectivity index (χ2v) is 8.21. The third kappa shape index (κ3) is 5.38. The van der Waals surface area contributed by atoms with Crippen LogP contribution in [0, 0.1) is 0 Å². The van der Waals surface area contributed by atoms with E-state index in [4.69, 9.17) is 27.9 Å². The third-order valence-electron chi connectivity index (χ3n) is 3.47. The van der Waals surface area contributed by atoms with Crippen molar-refractivity contribution >= 4 is 33.2 Å². The van der Waals surface area contributed by atoms with Crippen molar-refractivity contribution in [1.82, 2.24) is 4.31 Å². The van der Waals surface area contributed by atoms with Crippen molar-refractivity contribution < 1.29 is 13.2 Å². The van der Waals surface area contributed by atoms with Crippen LogP contribution in [0.1, 0.15) is 12.8 Å². The van der Waals surface area contributed by atoms with E-state index in [1.54, 1.807) is 43.4 Å². The van der Waals surface area contributed by atoms with Crippen LogP contribution < -0.4 is 4.74 Å². The molecule has 130 valence electrons. The summed E-state index contributed by atoms with van der Waals surface area (Å²) in [6.45, 7) is 0.950. The lowest BCUT2D eigenvalue weighted by Crippen LogP contribution is -2.28. The van der Waals surface area contributed by atoms with Gasteiger partial charge in [-0.3, -0.25) is 0 Å². The van der Waals surface area contributed by atoms with Crippen molar-refractivity contribution in [3.63, 3.8) is 0 Å². The van der Waals surface area contributed by atoms with Crippen LogP contribution in [0.4, 0.5) is 0 Å². The summed E-state index contributed by atoms with van der Waals surface area (Å²) in [5.74, 6) is 0.751. The Morgan fingerprint density at radius 2 is 1.46 bits per heavy atom. The van der Waals surface area contributed by atoms with Crippen molar-refractivity contribution in [3.8, 4) is 5.75 Å². The summed E-state index contributed by atoms with van der Waals surface area (Å²) in [7, 11) is -1.91. The summed E-state index contributed by atoms with van der Waals surface area (Å²) in [6, 6.07) is 13.3. The number of nitrogens with zero attached hydrogens (tertiary/aromatic N) is 1. The van der Waals surface area contributed by atoms with E-state index in [1.807, 2.05) is 0 Å². The lowest BCUT2D eigenvalue weighted by Gasteiger charge is -2.17. The van der Waals surface area contributed by atoms with E-state index in [0.717, 1.165) is 12.2 Å². The molecule has 0 unspecified atom stereocenters. The molecule has 0 fully saturated rings. The minimum absolute atomic E-state index is 0.242. The number of benzene rings is 2. The van der Waals surface area contributed by atoms with E-state index in [0.29, 0.717) is 29.6 Å². The Bertz CT molecular complexity index is 746. The molecule has 2 rings (SSSR count). The van der Waals surface area contributed by atoms with Crippen LogP contribution in [0.3, 0.4) is 0 Å². The van der Waals surface area contributed by atoms with Gasteiger partial charge in [0.1, 0.15) is 5.75 Å². The summed E-state index contributed by atoms with van der Waals surface area (Å²) in [5.41, 5.74) is 0. The normalized spacial score (nSPS) is 11.7. The predicted molar refractivity (Wildman–Crippen MR) is 97.4 cm³/mol. The number of unbranched alkanes of at least 4 members (excludes halogenated alkanes) is 1. The molecule has 4 nitrogen and oxygen atoms in total. The highest BCUT2D eigenvalue weighted by molar-refractivity contribution is 7.89. The second kappa shape index (κ2) is 8.72. The first-order valence-corrected chi connectivity index (χ1v) is 9.69. The Hall–Kier alpha value is -1.27. The number of sulfonamides is 1. The van der Waals surface area contributed by atoms with E-state index in [9.17, 15) is 8.42 Å². The zero-order chi connectivity index (χ0) is 17.6. The Balaban J connectivity index is 1.77. The third-order valence-corrected chi connectivity index (χ3v) is 5.85. The predicted octanol–water partition coefficient (Wildman–Crippen LogP) is 4.47. The van der Waals surface area contributed by atoms with Crippen LogP contribution in [0.15, 0.2) is 53.4 Å². The number of hydrogen-bond donors (Lipinski definition) is 0.